The van der Waals surface area contributed by atoms with Gasteiger partial charge in [0.25, 0.3) is 0 Å². The molecule has 0 saturated heterocycles. The molecule has 0 spiro atoms. The predicted molar refractivity (Wildman–Crippen MR) is 570 cm³/mol. The van der Waals surface area contributed by atoms with Crippen molar-refractivity contribution in [2.45, 2.75) is 111 Å². The Hall–Kier alpha value is -4.34. The number of fused-ring (bicyclic) bond motifs is 7. The van der Waals surface area contributed by atoms with Crippen LogP contribution in [0.4, 0.5) is 4.39 Å². The van der Waals surface area contributed by atoms with Crippen LogP contribution in [0.1, 0.15) is 139 Å². The second kappa shape index (κ2) is 48.3. The van der Waals surface area contributed by atoms with E-state index in [1.165, 1.54) is 151 Å². The van der Waals surface area contributed by atoms with Crippen LogP contribution in [0.5, 0.6) is 0 Å². The summed E-state index contributed by atoms with van der Waals surface area (Å²) in [6, 6.07) is 77.1. The van der Waals surface area contributed by atoms with Crippen molar-refractivity contribution in [1.82, 2.24) is 0 Å². The van der Waals surface area contributed by atoms with Gasteiger partial charge in [0, 0.05) is 292 Å². The van der Waals surface area contributed by atoms with E-state index in [4.69, 9.17) is 4.62 Å². The Morgan fingerprint density at radius 2 is 0.615 bits per heavy atom. The minimum Gasteiger partial charge on any atom is -0.152 e. The molecule has 3 aliphatic heterocycles. The van der Waals surface area contributed by atoms with Crippen LogP contribution in [0, 0.1) is 198 Å². The average molecular weight is 2250 g/mol. The molecule has 1 radical (unpaired) electrons. The first-order valence-electron chi connectivity index (χ1n) is 41.3. The number of rotatable bonds is 9. The Labute approximate surface area is 907 Å². The van der Waals surface area contributed by atoms with E-state index in [-0.39, 0.29) is 97.9 Å². The molecule has 678 valence electrons. The second-order valence-electron chi connectivity index (χ2n) is 30.1. The first-order chi connectivity index (χ1) is 61.7. The fourth-order valence-electron chi connectivity index (χ4n) is 16.5. The molecule has 3 aliphatic rings. The molecule has 130 heavy (non-hydrogen) atoms. The van der Waals surface area contributed by atoms with E-state index in [0.29, 0.717) is 0 Å². The molecular formula is C105H96Ag2Ar2FO4P3S13. The molecule has 5 aromatic carbocycles. The molecule has 21 rings (SSSR count). The summed E-state index contributed by atoms with van der Waals surface area (Å²) in [6.45, 7) is 40.5. The zero-order valence-electron chi connectivity index (χ0n) is 75.3. The van der Waals surface area contributed by atoms with Crippen LogP contribution in [0.25, 0.3) is 52.1 Å². The predicted octanol–water partition coefficient (Wildman–Crippen LogP) is 33.6. The Morgan fingerprint density at radius 3 is 0.962 bits per heavy atom. The second-order valence-corrected chi connectivity index (χ2v) is 54.5. The Bertz CT molecular complexity index is 7220. The standard InChI is InChI=1S/C28H23OPS3.C26H21OPS4.C24H21OPS3.C14H14S2.C6H6.C4H4S.C2H4.CH3F.2Ag.2Ar.O/c1-16-14-22(18(3)31-16)25-26(23-15-17(2)32-19(23)4)30(29,20-10-6-5-7-11-20)27-21-12-8-9-13-24(21)33-28(25)27;1-14-12-19(16(3)30-14)22-23(20-13-15(2)31-17(20)4)28(27,18-8-6-5-7-9-18)24-25-21(10-11-29-25)32-26(22)24;1-14-12-19(16(3)28-14)22-23(20-13-15(2)29-17(20)4)26(25,18-8-6-5-7-9-18)21-10-11-27-24(21)22;1-9-7-13(11(3)15-9)5-6-14-8-10(2)16-12(14)4;1-2-4-6-5-3-1;1-2-4-5-3-1;2*1-2;;;;;/h5-15H,1-4H3;5-13H,1-4H3;5-13H,1-4H3;7-8H,1-4H3;1-6H;1-4H;1-2H2;1H3;;;;;/i;;;;;;;1D;;;;;. The summed E-state index contributed by atoms with van der Waals surface area (Å²) in [5.41, 5.74) is 13.1. The number of hydrogen-bond acceptors (Lipinski definition) is 17. The minimum atomic E-state index is -3.09. The number of alkyl halides is 1. The van der Waals surface area contributed by atoms with Crippen LogP contribution >= 0.6 is 169 Å². The maximum atomic E-state index is 15.7. The van der Waals surface area contributed by atoms with E-state index >= 15 is 13.7 Å². The Kier molecular flexibility index (Phi) is 39.4. The minimum absolute atomic E-state index is 0. The first kappa shape index (κ1) is 106. The maximum absolute atomic E-state index is 15.7. The molecule has 0 amide bonds. The van der Waals surface area contributed by atoms with Crippen LogP contribution < -0.4 is 31.8 Å². The number of hydrogen-bond donors (Lipinski definition) is 0. The van der Waals surface area contributed by atoms with Crippen molar-refractivity contribution in [3.63, 3.8) is 0 Å². The van der Waals surface area contributed by atoms with Crippen LogP contribution in [0.2, 0.25) is 0 Å². The van der Waals surface area contributed by atoms with Gasteiger partial charge in [0.15, 0.2) is 21.4 Å². The van der Waals surface area contributed by atoms with Gasteiger partial charge in [-0.15, -0.1) is 149 Å². The van der Waals surface area contributed by atoms with E-state index in [2.05, 4.69) is 256 Å². The number of thiophene rings is 13. The molecule has 3 atom stereocenters. The van der Waals surface area contributed by atoms with E-state index in [1.807, 2.05) is 194 Å². The fraction of sp³-hybridized carbons (Fsp3) is 0.162. The van der Waals surface area contributed by atoms with Gasteiger partial charge in [0.2, 0.25) is 0 Å². The quantitative estimate of drug-likeness (QED) is 0.0625. The molecule has 0 bridgehead atoms. The van der Waals surface area contributed by atoms with Crippen LogP contribution in [-0.4, -0.2) is 7.15 Å². The van der Waals surface area contributed by atoms with Gasteiger partial charge in [-0.1, -0.05) is 170 Å². The normalized spacial score (nSPS) is 15.2. The third kappa shape index (κ3) is 22.3. The molecule has 3 unspecified atom stereocenters. The smallest absolute Gasteiger partial charge is 0.00934 e. The number of benzene rings is 5. The van der Waals surface area contributed by atoms with Crippen molar-refractivity contribution in [2.24, 2.45) is 0 Å². The molecule has 13 aromatic heterocycles. The van der Waals surface area contributed by atoms with Gasteiger partial charge in [-0.3, -0.25) is 4.39 Å². The van der Waals surface area contributed by atoms with Gasteiger partial charge in [0.1, 0.15) is 0 Å². The Morgan fingerprint density at radius 1 is 0.323 bits per heavy atom. The molecule has 18 aromatic rings. The largest absolute Gasteiger partial charge is 0.152 e. The van der Waals surface area contributed by atoms with Gasteiger partial charge in [-0.25, -0.2) is 0 Å². The van der Waals surface area contributed by atoms with Gasteiger partial charge in [-0.05, 0) is 216 Å². The van der Waals surface area contributed by atoms with E-state index in [9.17, 15) is 4.39 Å². The Balaban J connectivity index is 0.000000172. The zero-order chi connectivity index (χ0) is 91.6. The van der Waals surface area contributed by atoms with Crippen molar-refractivity contribution in [3.05, 3.63) is 396 Å². The van der Waals surface area contributed by atoms with E-state index in [0.717, 1.165) is 69.8 Å². The maximum Gasteiger partial charge on any atom is -0.00934 e. The van der Waals surface area contributed by atoms with Crippen molar-refractivity contribution < 1.29 is 142 Å². The van der Waals surface area contributed by atoms with Crippen molar-refractivity contribution in [1.29, 1.82) is 0 Å². The molecule has 16 heterocycles. The summed E-state index contributed by atoms with van der Waals surface area (Å²) in [4.78, 5) is 24.1. The summed E-state index contributed by atoms with van der Waals surface area (Å²) in [5, 5.41) is 18.4. The topological polar surface area (TPSA) is 68.3 Å². The van der Waals surface area contributed by atoms with E-state index < -0.39 is 28.6 Å². The van der Waals surface area contributed by atoms with Gasteiger partial charge >= 0.3 is 24.3 Å². The van der Waals surface area contributed by atoms with E-state index in [1.54, 1.807) is 100 Å². The summed E-state index contributed by atoms with van der Waals surface area (Å²) < 4.78 is 73.5. The molecular weight excluding hydrogens is 2150 g/mol. The van der Waals surface area contributed by atoms with Gasteiger partial charge in [-0.2, -0.15) is 11.3 Å². The molecule has 0 N–H and O–H groups in total. The molecule has 0 aliphatic carbocycles. The average Bonchev–Trinajstić information content (AvgIpc) is 1.53. The zero-order valence-corrected chi connectivity index (χ0v) is 91.9. The molecule has 25 heteroatoms. The number of halogens is 1. The third-order valence-corrected chi connectivity index (χ3v) is 44.4. The number of aryl methyl sites for hydroxylation is 16. The van der Waals surface area contributed by atoms with Crippen molar-refractivity contribution in [3.8, 4) is 11.8 Å². The van der Waals surface area contributed by atoms with Crippen molar-refractivity contribution in [2.75, 3.05) is 7.15 Å². The van der Waals surface area contributed by atoms with Crippen molar-refractivity contribution >= 4 is 253 Å². The molecule has 0 fully saturated rings. The molecule has 0 saturated carbocycles. The monoisotopic (exact) mass is 2240 g/mol. The summed E-state index contributed by atoms with van der Waals surface area (Å²) >= 11 is 24.9. The summed E-state index contributed by atoms with van der Waals surface area (Å²) in [6.07, 6.45) is 0. The molecule has 4 nitrogen and oxygen atoms in total. The third-order valence-electron chi connectivity index (χ3n) is 21.5. The van der Waals surface area contributed by atoms with Gasteiger partial charge < -0.3 is 13.7 Å². The summed E-state index contributed by atoms with van der Waals surface area (Å²) in [5.74, 6) is 6.54. The van der Waals surface area contributed by atoms with Crippen LogP contribution in [-0.2, 0) is 60.4 Å². The first-order valence-corrected chi connectivity index (χ1v) is 57.1. The summed E-state index contributed by atoms with van der Waals surface area (Å²) in [7, 11) is -10.1. The fourth-order valence-corrected chi connectivity index (χ4v) is 41.2. The van der Waals surface area contributed by atoms with Crippen LogP contribution in [0.15, 0.2) is 259 Å². The SMILES string of the molecule is C=C.Cc1cc(C#Cc2cc(C)sc2C)c(C)s1.Cc1cc(C2=C(c3cc(C)sc3C)P(=O)(c3ccccc3)c3c2sc2ccccc32)c(C)s1.Cc1cc(C2=C(c3cc(C)sc3C)P(=O)(c3ccccc3)c3c2sc2ccsc32)c(C)s1.Cc1cc(C2=C(c3cc(C)sc3C)P(=O)(c3ccccc3)c3ccsc32)c(C)s1.[2H]CF.[Ag].[Ar].[Ar].[O]=[Ag].c1ccccc1.c1ccsc1. The van der Waals surface area contributed by atoms with Crippen LogP contribution in [0.3, 0.4) is 0 Å². The van der Waals surface area contributed by atoms with Gasteiger partial charge in [0.05, 0.1) is 18.5 Å².